The van der Waals surface area contributed by atoms with Crippen LogP contribution in [0.2, 0.25) is 0 Å². The lowest BCUT2D eigenvalue weighted by atomic mass is 9.98. The van der Waals surface area contributed by atoms with Gasteiger partial charge in [-0.3, -0.25) is 0 Å². The Balaban J connectivity index is 1.48. The Hall–Kier alpha value is -0.800. The highest BCUT2D eigenvalue weighted by atomic mass is 16.5. The molecule has 0 saturated heterocycles. The van der Waals surface area contributed by atoms with E-state index in [0.29, 0.717) is 6.61 Å². The molecule has 0 spiro atoms. The molecule has 1 heterocycles. The molecule has 114 valence electrons. The highest BCUT2D eigenvalue weighted by molar-refractivity contribution is 4.95. The SMILES string of the molecule is CCC1CCCC(NCCCOCc2ccco2)CC1. The molecule has 1 aromatic heterocycles. The summed E-state index contributed by atoms with van der Waals surface area (Å²) in [6.45, 7) is 4.79. The summed E-state index contributed by atoms with van der Waals surface area (Å²) in [5.74, 6) is 1.88. The van der Waals surface area contributed by atoms with Gasteiger partial charge in [-0.2, -0.15) is 0 Å². The lowest BCUT2D eigenvalue weighted by Crippen LogP contribution is -2.30. The van der Waals surface area contributed by atoms with Gasteiger partial charge < -0.3 is 14.5 Å². The Labute approximate surface area is 123 Å². The van der Waals surface area contributed by atoms with Gasteiger partial charge in [0.15, 0.2) is 0 Å². The van der Waals surface area contributed by atoms with E-state index in [-0.39, 0.29) is 0 Å². The minimum atomic E-state index is 0.592. The Morgan fingerprint density at radius 3 is 3.05 bits per heavy atom. The molecule has 1 aliphatic carbocycles. The maximum Gasteiger partial charge on any atom is 0.129 e. The lowest BCUT2D eigenvalue weighted by Gasteiger charge is -2.16. The van der Waals surface area contributed by atoms with Gasteiger partial charge in [-0.05, 0) is 50.3 Å². The average molecular weight is 279 g/mol. The van der Waals surface area contributed by atoms with E-state index in [1.54, 1.807) is 6.26 Å². The Morgan fingerprint density at radius 2 is 2.25 bits per heavy atom. The van der Waals surface area contributed by atoms with Crippen LogP contribution in [0.4, 0.5) is 0 Å². The van der Waals surface area contributed by atoms with E-state index in [9.17, 15) is 0 Å². The van der Waals surface area contributed by atoms with Gasteiger partial charge in [0.05, 0.1) is 6.26 Å². The van der Waals surface area contributed by atoms with E-state index in [1.165, 1.54) is 38.5 Å². The first-order chi connectivity index (χ1) is 9.88. The molecule has 0 radical (unpaired) electrons. The normalized spacial score (nSPS) is 23.6. The second kappa shape index (κ2) is 9.19. The van der Waals surface area contributed by atoms with Crippen molar-refractivity contribution in [3.63, 3.8) is 0 Å². The maximum atomic E-state index is 5.59. The van der Waals surface area contributed by atoms with Crippen molar-refractivity contribution in [2.75, 3.05) is 13.2 Å². The third-order valence-corrected chi connectivity index (χ3v) is 4.39. The van der Waals surface area contributed by atoms with Crippen molar-refractivity contribution in [1.82, 2.24) is 5.32 Å². The second-order valence-electron chi connectivity index (χ2n) is 5.92. The molecule has 1 N–H and O–H groups in total. The van der Waals surface area contributed by atoms with Crippen molar-refractivity contribution in [2.24, 2.45) is 5.92 Å². The minimum absolute atomic E-state index is 0.592. The highest BCUT2D eigenvalue weighted by Gasteiger charge is 2.16. The van der Waals surface area contributed by atoms with E-state index < -0.39 is 0 Å². The zero-order valence-corrected chi connectivity index (χ0v) is 12.8. The predicted octanol–water partition coefficient (Wildman–Crippen LogP) is 4.13. The molecule has 0 bridgehead atoms. The number of hydrogen-bond acceptors (Lipinski definition) is 3. The molecule has 1 aromatic rings. The summed E-state index contributed by atoms with van der Waals surface area (Å²) in [4.78, 5) is 0. The molecule has 1 aliphatic rings. The van der Waals surface area contributed by atoms with Crippen LogP contribution in [-0.4, -0.2) is 19.2 Å². The van der Waals surface area contributed by atoms with Crippen LogP contribution in [0.25, 0.3) is 0 Å². The van der Waals surface area contributed by atoms with E-state index in [2.05, 4.69) is 12.2 Å². The number of nitrogens with one attached hydrogen (secondary N) is 1. The fourth-order valence-electron chi connectivity index (χ4n) is 3.04. The van der Waals surface area contributed by atoms with Crippen LogP contribution in [0.1, 0.15) is 57.6 Å². The standard InChI is InChI=1S/C17H29NO2/c1-2-15-6-3-7-16(10-9-15)18-11-5-12-19-14-17-8-4-13-20-17/h4,8,13,15-16,18H,2-3,5-7,9-12,14H2,1H3. The molecule has 3 heteroatoms. The molecule has 2 rings (SSSR count). The Kier molecular flexibility index (Phi) is 7.16. The van der Waals surface area contributed by atoms with Gasteiger partial charge in [0.2, 0.25) is 0 Å². The molecule has 1 fully saturated rings. The average Bonchev–Trinajstić information content (AvgIpc) is 2.88. The van der Waals surface area contributed by atoms with Gasteiger partial charge >= 0.3 is 0 Å². The topological polar surface area (TPSA) is 34.4 Å². The number of rotatable bonds is 8. The van der Waals surface area contributed by atoms with Gasteiger partial charge in [0.1, 0.15) is 12.4 Å². The summed E-state index contributed by atoms with van der Waals surface area (Å²) in [5.41, 5.74) is 0. The number of hydrogen-bond donors (Lipinski definition) is 1. The first-order valence-electron chi connectivity index (χ1n) is 8.22. The molecule has 0 aromatic carbocycles. The van der Waals surface area contributed by atoms with E-state index in [0.717, 1.165) is 37.3 Å². The number of ether oxygens (including phenoxy) is 1. The van der Waals surface area contributed by atoms with Crippen molar-refractivity contribution in [2.45, 2.75) is 64.5 Å². The monoisotopic (exact) mass is 279 g/mol. The van der Waals surface area contributed by atoms with Crippen LogP contribution in [0.3, 0.4) is 0 Å². The molecule has 1 saturated carbocycles. The molecular weight excluding hydrogens is 250 g/mol. The van der Waals surface area contributed by atoms with Crippen LogP contribution >= 0.6 is 0 Å². The van der Waals surface area contributed by atoms with Crippen LogP contribution < -0.4 is 5.32 Å². The van der Waals surface area contributed by atoms with Gasteiger partial charge in [-0.1, -0.05) is 26.2 Å². The van der Waals surface area contributed by atoms with E-state index >= 15 is 0 Å². The van der Waals surface area contributed by atoms with Crippen LogP contribution in [0, 0.1) is 5.92 Å². The third-order valence-electron chi connectivity index (χ3n) is 4.39. The van der Waals surface area contributed by atoms with Gasteiger partial charge in [0.25, 0.3) is 0 Å². The fraction of sp³-hybridized carbons (Fsp3) is 0.765. The van der Waals surface area contributed by atoms with Gasteiger partial charge in [-0.25, -0.2) is 0 Å². The highest BCUT2D eigenvalue weighted by Crippen LogP contribution is 2.25. The van der Waals surface area contributed by atoms with Crippen molar-refractivity contribution < 1.29 is 9.15 Å². The van der Waals surface area contributed by atoms with Crippen LogP contribution in [0.5, 0.6) is 0 Å². The van der Waals surface area contributed by atoms with Crippen LogP contribution in [0.15, 0.2) is 22.8 Å². The zero-order chi connectivity index (χ0) is 14.0. The molecule has 0 amide bonds. The molecule has 3 nitrogen and oxygen atoms in total. The molecule has 20 heavy (non-hydrogen) atoms. The van der Waals surface area contributed by atoms with Crippen molar-refractivity contribution >= 4 is 0 Å². The molecule has 2 unspecified atom stereocenters. The molecule has 0 aliphatic heterocycles. The second-order valence-corrected chi connectivity index (χ2v) is 5.92. The molecular formula is C17H29NO2. The van der Waals surface area contributed by atoms with E-state index in [1.807, 2.05) is 12.1 Å². The van der Waals surface area contributed by atoms with Gasteiger partial charge in [-0.15, -0.1) is 0 Å². The molecule has 2 atom stereocenters. The first kappa shape index (κ1) is 15.6. The van der Waals surface area contributed by atoms with Crippen molar-refractivity contribution in [3.8, 4) is 0 Å². The summed E-state index contributed by atoms with van der Waals surface area (Å²) in [6, 6.07) is 4.58. The van der Waals surface area contributed by atoms with Crippen molar-refractivity contribution in [1.29, 1.82) is 0 Å². The summed E-state index contributed by atoms with van der Waals surface area (Å²) in [6.07, 6.45) is 11.1. The van der Waals surface area contributed by atoms with Gasteiger partial charge in [0, 0.05) is 12.6 Å². The summed E-state index contributed by atoms with van der Waals surface area (Å²) < 4.78 is 10.8. The maximum absolute atomic E-state index is 5.59. The van der Waals surface area contributed by atoms with Crippen LogP contribution in [-0.2, 0) is 11.3 Å². The third kappa shape index (κ3) is 5.68. The summed E-state index contributed by atoms with van der Waals surface area (Å²) >= 11 is 0. The minimum Gasteiger partial charge on any atom is -0.467 e. The smallest absolute Gasteiger partial charge is 0.129 e. The Bertz CT molecular complexity index is 337. The van der Waals surface area contributed by atoms with E-state index in [4.69, 9.17) is 9.15 Å². The lowest BCUT2D eigenvalue weighted by molar-refractivity contribution is 0.103. The Morgan fingerprint density at radius 1 is 1.30 bits per heavy atom. The summed E-state index contributed by atoms with van der Waals surface area (Å²) in [7, 11) is 0. The largest absolute Gasteiger partial charge is 0.467 e. The first-order valence-corrected chi connectivity index (χ1v) is 8.22. The number of furan rings is 1. The van der Waals surface area contributed by atoms with Crippen molar-refractivity contribution in [3.05, 3.63) is 24.2 Å². The quantitative estimate of drug-likeness (QED) is 0.574. The summed E-state index contributed by atoms with van der Waals surface area (Å²) in [5, 5.41) is 3.70. The zero-order valence-electron chi connectivity index (χ0n) is 12.8. The predicted molar refractivity (Wildman–Crippen MR) is 81.6 cm³/mol. The fourth-order valence-corrected chi connectivity index (χ4v) is 3.04.